The molecule has 0 aliphatic carbocycles. The molecule has 2 aromatic rings. The van der Waals surface area contributed by atoms with Gasteiger partial charge in [-0.1, -0.05) is 18.3 Å². The summed E-state index contributed by atoms with van der Waals surface area (Å²) in [6.07, 6.45) is 0. The Morgan fingerprint density at radius 2 is 2.39 bits per heavy atom. The number of H-pyrrole nitrogens is 1. The zero-order valence-corrected chi connectivity index (χ0v) is 10.6. The average molecular weight is 264 g/mol. The lowest BCUT2D eigenvalue weighted by Gasteiger charge is -1.97. The van der Waals surface area contributed by atoms with Crippen molar-refractivity contribution in [3.05, 3.63) is 30.4 Å². The minimum Gasteiger partial charge on any atom is -0.497 e. The summed E-state index contributed by atoms with van der Waals surface area (Å²) >= 11 is 1.31. The van der Waals surface area contributed by atoms with Crippen molar-refractivity contribution in [2.75, 3.05) is 12.9 Å². The van der Waals surface area contributed by atoms with Crippen LogP contribution in [0.15, 0.2) is 35.5 Å². The third kappa shape index (κ3) is 2.65. The van der Waals surface area contributed by atoms with Crippen molar-refractivity contribution in [2.24, 2.45) is 0 Å². The van der Waals surface area contributed by atoms with E-state index in [1.54, 1.807) is 7.11 Å². The summed E-state index contributed by atoms with van der Waals surface area (Å²) < 4.78 is 5.11. The molecular weight excluding hydrogens is 252 g/mol. The number of methoxy groups -OCH3 is 1. The molecule has 0 fully saturated rings. The summed E-state index contributed by atoms with van der Waals surface area (Å²) in [7, 11) is 1.60. The van der Waals surface area contributed by atoms with Gasteiger partial charge in [-0.2, -0.15) is 0 Å². The van der Waals surface area contributed by atoms with Gasteiger partial charge in [0, 0.05) is 17.4 Å². The van der Waals surface area contributed by atoms with Crippen LogP contribution in [-0.2, 0) is 4.79 Å². The fraction of sp³-hybridized carbons (Fsp3) is 0.167. The number of aliphatic carboxylic acids is 1. The number of carboxylic acids is 1. The number of nitrogens with one attached hydrogen (secondary N) is 1. The van der Waals surface area contributed by atoms with E-state index in [0.717, 1.165) is 16.8 Å². The number of aromatic nitrogens is 2. The van der Waals surface area contributed by atoms with Crippen LogP contribution in [0.4, 0.5) is 0 Å². The Kier molecular flexibility index (Phi) is 3.57. The maximum atomic E-state index is 10.6. The van der Waals surface area contributed by atoms with Gasteiger partial charge in [0.15, 0.2) is 5.16 Å². The molecule has 0 amide bonds. The molecule has 1 aromatic heterocycles. The monoisotopic (exact) mass is 264 g/mol. The molecule has 0 aliphatic heterocycles. The van der Waals surface area contributed by atoms with Crippen LogP contribution in [0, 0.1) is 0 Å². The van der Waals surface area contributed by atoms with Crippen molar-refractivity contribution < 1.29 is 14.6 Å². The third-order valence-corrected chi connectivity index (χ3v) is 3.31. The molecule has 2 rings (SSSR count). The molecule has 0 spiro atoms. The minimum atomic E-state index is -0.986. The second kappa shape index (κ2) is 5.14. The van der Waals surface area contributed by atoms with Crippen LogP contribution in [0.1, 0.15) is 0 Å². The number of benzene rings is 1. The molecule has 6 heteroatoms. The van der Waals surface area contributed by atoms with Crippen LogP contribution >= 0.6 is 11.8 Å². The summed E-state index contributed by atoms with van der Waals surface area (Å²) in [5.41, 5.74) is 1.83. The van der Waals surface area contributed by atoms with E-state index in [0.29, 0.717) is 10.9 Å². The number of fused-ring (bicyclic) bond motifs is 1. The molecule has 1 heterocycles. The van der Waals surface area contributed by atoms with Gasteiger partial charge in [-0.05, 0) is 12.1 Å². The first kappa shape index (κ1) is 12.5. The molecule has 0 unspecified atom stereocenters. The third-order valence-electron chi connectivity index (χ3n) is 2.35. The first-order chi connectivity index (χ1) is 8.60. The maximum absolute atomic E-state index is 10.6. The quantitative estimate of drug-likeness (QED) is 0.640. The molecule has 5 nitrogen and oxygen atoms in total. The number of imidazole rings is 1. The summed E-state index contributed by atoms with van der Waals surface area (Å²) in [5.74, 6) is 0.0599. The van der Waals surface area contributed by atoms with E-state index in [2.05, 4.69) is 16.5 Å². The molecular formula is C12H12N2O3S. The molecule has 0 saturated heterocycles. The van der Waals surface area contributed by atoms with E-state index >= 15 is 0 Å². The fourth-order valence-electron chi connectivity index (χ4n) is 1.38. The van der Waals surface area contributed by atoms with E-state index in [-0.39, 0.29) is 5.57 Å². The number of hydrogen-bond donors (Lipinski definition) is 2. The van der Waals surface area contributed by atoms with E-state index in [1.807, 2.05) is 18.2 Å². The van der Waals surface area contributed by atoms with Gasteiger partial charge < -0.3 is 14.8 Å². The molecule has 0 bridgehead atoms. The topological polar surface area (TPSA) is 75.2 Å². The lowest BCUT2D eigenvalue weighted by Crippen LogP contribution is -2.01. The standard InChI is InChI=1S/C12H12N2O3S/c1-7(11(15)16)6-18-12-13-9-4-3-8(17-2)5-10(9)14-12/h3-5H,1,6H2,2H3,(H,13,14)(H,15,16). The van der Waals surface area contributed by atoms with Crippen molar-refractivity contribution in [3.8, 4) is 5.75 Å². The van der Waals surface area contributed by atoms with Gasteiger partial charge in [0.05, 0.1) is 18.1 Å². The predicted octanol–water partition coefficient (Wildman–Crippen LogP) is 2.30. The van der Waals surface area contributed by atoms with Gasteiger partial charge in [0.25, 0.3) is 0 Å². The largest absolute Gasteiger partial charge is 0.497 e. The van der Waals surface area contributed by atoms with Crippen LogP contribution in [0.3, 0.4) is 0 Å². The molecule has 2 N–H and O–H groups in total. The molecule has 0 radical (unpaired) electrons. The Bertz CT molecular complexity index is 606. The Labute approximate surface area is 108 Å². The number of carboxylic acid groups (broad SMARTS) is 1. The number of hydrogen-bond acceptors (Lipinski definition) is 4. The number of nitrogens with zero attached hydrogens (tertiary/aromatic N) is 1. The average Bonchev–Trinajstić information content (AvgIpc) is 2.77. The molecule has 0 saturated carbocycles. The highest BCUT2D eigenvalue weighted by Gasteiger charge is 2.08. The smallest absolute Gasteiger partial charge is 0.331 e. The molecule has 18 heavy (non-hydrogen) atoms. The Morgan fingerprint density at radius 1 is 1.61 bits per heavy atom. The Morgan fingerprint density at radius 3 is 3.06 bits per heavy atom. The number of aromatic amines is 1. The molecule has 1 aromatic carbocycles. The van der Waals surface area contributed by atoms with Crippen LogP contribution in [0.5, 0.6) is 5.75 Å². The van der Waals surface area contributed by atoms with Crippen molar-refractivity contribution in [1.82, 2.24) is 9.97 Å². The number of thioether (sulfide) groups is 1. The predicted molar refractivity (Wildman–Crippen MR) is 70.1 cm³/mol. The summed E-state index contributed by atoms with van der Waals surface area (Å²) in [6.45, 7) is 3.47. The van der Waals surface area contributed by atoms with Gasteiger partial charge in [-0.25, -0.2) is 9.78 Å². The highest BCUT2D eigenvalue weighted by molar-refractivity contribution is 7.99. The first-order valence-electron chi connectivity index (χ1n) is 5.18. The maximum Gasteiger partial charge on any atom is 0.331 e. The van der Waals surface area contributed by atoms with Gasteiger partial charge in [-0.15, -0.1) is 0 Å². The van der Waals surface area contributed by atoms with Crippen molar-refractivity contribution in [3.63, 3.8) is 0 Å². The number of ether oxygens (including phenoxy) is 1. The minimum absolute atomic E-state index is 0.151. The van der Waals surface area contributed by atoms with E-state index < -0.39 is 5.97 Å². The molecule has 0 aliphatic rings. The van der Waals surface area contributed by atoms with Crippen LogP contribution in [0.25, 0.3) is 11.0 Å². The van der Waals surface area contributed by atoms with Gasteiger partial charge in [0.1, 0.15) is 5.75 Å². The highest BCUT2D eigenvalue weighted by atomic mass is 32.2. The zero-order valence-electron chi connectivity index (χ0n) is 9.77. The van der Waals surface area contributed by atoms with Gasteiger partial charge in [0.2, 0.25) is 0 Å². The van der Waals surface area contributed by atoms with Crippen LogP contribution in [-0.4, -0.2) is 33.9 Å². The van der Waals surface area contributed by atoms with Gasteiger partial charge in [-0.3, -0.25) is 0 Å². The fourth-order valence-corrected chi connectivity index (χ4v) is 2.16. The highest BCUT2D eigenvalue weighted by Crippen LogP contribution is 2.23. The second-order valence-corrected chi connectivity index (χ2v) is 4.59. The van der Waals surface area contributed by atoms with Crippen LogP contribution < -0.4 is 4.74 Å². The summed E-state index contributed by atoms with van der Waals surface area (Å²) in [4.78, 5) is 18.1. The lowest BCUT2D eigenvalue weighted by molar-refractivity contribution is -0.132. The van der Waals surface area contributed by atoms with Crippen LogP contribution in [0.2, 0.25) is 0 Å². The Hall–Kier alpha value is -1.95. The van der Waals surface area contributed by atoms with E-state index in [9.17, 15) is 4.79 Å². The van der Waals surface area contributed by atoms with Crippen molar-refractivity contribution in [1.29, 1.82) is 0 Å². The summed E-state index contributed by atoms with van der Waals surface area (Å²) in [5, 5.41) is 9.38. The Balaban J connectivity index is 2.15. The number of carbonyl (C=O) groups is 1. The molecule has 94 valence electrons. The van der Waals surface area contributed by atoms with E-state index in [4.69, 9.17) is 9.84 Å². The normalized spacial score (nSPS) is 10.5. The SMILES string of the molecule is C=C(CSc1nc2ccc(OC)cc2[nH]1)C(=O)O. The van der Waals surface area contributed by atoms with Gasteiger partial charge >= 0.3 is 5.97 Å². The van der Waals surface area contributed by atoms with E-state index in [1.165, 1.54) is 11.8 Å². The second-order valence-electron chi connectivity index (χ2n) is 3.62. The zero-order chi connectivity index (χ0) is 13.1. The summed E-state index contributed by atoms with van der Waals surface area (Å²) in [6, 6.07) is 5.52. The first-order valence-corrected chi connectivity index (χ1v) is 6.16. The molecule has 0 atom stereocenters. The van der Waals surface area contributed by atoms with Crippen molar-refractivity contribution in [2.45, 2.75) is 5.16 Å². The van der Waals surface area contributed by atoms with Crippen molar-refractivity contribution >= 4 is 28.8 Å². The number of rotatable bonds is 5. The lowest BCUT2D eigenvalue weighted by atomic mass is 10.3.